The molecule has 1 atom stereocenters. The van der Waals surface area contributed by atoms with Crippen LogP contribution >= 0.6 is 11.3 Å². The van der Waals surface area contributed by atoms with E-state index in [4.69, 9.17) is 18.6 Å². The van der Waals surface area contributed by atoms with Crippen LogP contribution in [0.1, 0.15) is 23.5 Å². The fourth-order valence-electron chi connectivity index (χ4n) is 4.01. The number of benzene rings is 2. The van der Waals surface area contributed by atoms with Gasteiger partial charge in [-0.3, -0.25) is 9.59 Å². The van der Waals surface area contributed by atoms with Crippen LogP contribution in [0.5, 0.6) is 17.2 Å². The lowest BCUT2D eigenvalue weighted by atomic mass is 9.86. The van der Waals surface area contributed by atoms with Crippen LogP contribution < -0.4 is 19.6 Å². The van der Waals surface area contributed by atoms with E-state index < -0.39 is 0 Å². The number of methoxy groups -OCH3 is 2. The number of hydrogen-bond acceptors (Lipinski definition) is 7. The maximum Gasteiger partial charge on any atom is 0.312 e. The Balaban J connectivity index is 1.78. The van der Waals surface area contributed by atoms with Gasteiger partial charge in [0.2, 0.25) is 5.43 Å². The number of esters is 1. The van der Waals surface area contributed by atoms with E-state index in [-0.39, 0.29) is 23.7 Å². The summed E-state index contributed by atoms with van der Waals surface area (Å²) >= 11 is 1.55. The molecule has 1 unspecified atom stereocenters. The summed E-state index contributed by atoms with van der Waals surface area (Å²) in [6, 6.07) is 10.8. The summed E-state index contributed by atoms with van der Waals surface area (Å²) in [5.74, 6) is 0.767. The molecule has 1 aliphatic heterocycles. The molecule has 0 radical (unpaired) electrons. The molecule has 5 rings (SSSR count). The fraction of sp³-hybridized carbons (Fsp3) is 0.167. The Morgan fingerprint density at radius 2 is 1.87 bits per heavy atom. The van der Waals surface area contributed by atoms with Crippen LogP contribution in [-0.4, -0.2) is 20.2 Å². The molecule has 0 aliphatic carbocycles. The third-order valence-electron chi connectivity index (χ3n) is 5.52. The zero-order valence-corrected chi connectivity index (χ0v) is 17.7. The summed E-state index contributed by atoms with van der Waals surface area (Å²) in [5, 5.41) is 4.28. The van der Waals surface area contributed by atoms with Crippen molar-refractivity contribution in [1.29, 1.82) is 0 Å². The normalized spacial score (nSPS) is 15.4. The lowest BCUT2D eigenvalue weighted by molar-refractivity contribution is -0.135. The second-order valence-electron chi connectivity index (χ2n) is 7.19. The second kappa shape index (κ2) is 7.59. The largest absolute Gasteiger partial charge is 0.497 e. The molecule has 156 valence electrons. The standard InChI is InChI=1S/C24H18O6S/c1-27-15-5-3-13(4-6-15)17-11-29-24-21-16(14-7-8-31-12-14)9-20(25)30-19(21)10-18(28-2)22(24)23(17)26/h3-8,10-12,16H,9H2,1-2H3. The van der Waals surface area contributed by atoms with E-state index in [1.54, 1.807) is 48.8 Å². The maximum absolute atomic E-state index is 13.5. The van der Waals surface area contributed by atoms with E-state index in [0.29, 0.717) is 44.9 Å². The van der Waals surface area contributed by atoms with Gasteiger partial charge in [0, 0.05) is 17.5 Å². The first-order valence-electron chi connectivity index (χ1n) is 9.64. The summed E-state index contributed by atoms with van der Waals surface area (Å²) in [4.78, 5) is 25.8. The summed E-state index contributed by atoms with van der Waals surface area (Å²) in [5.41, 5.74) is 2.95. The topological polar surface area (TPSA) is 75.0 Å². The molecule has 0 fully saturated rings. The van der Waals surface area contributed by atoms with Crippen LogP contribution in [0.2, 0.25) is 0 Å². The number of carbonyl (C=O) groups excluding carboxylic acids is 1. The Morgan fingerprint density at radius 1 is 1.06 bits per heavy atom. The number of fused-ring (bicyclic) bond motifs is 3. The third-order valence-corrected chi connectivity index (χ3v) is 6.22. The van der Waals surface area contributed by atoms with E-state index in [9.17, 15) is 9.59 Å². The fourth-order valence-corrected chi connectivity index (χ4v) is 4.72. The minimum atomic E-state index is -0.331. The van der Waals surface area contributed by atoms with Crippen molar-refractivity contribution in [2.24, 2.45) is 0 Å². The molecule has 6 nitrogen and oxygen atoms in total. The highest BCUT2D eigenvalue weighted by Crippen LogP contribution is 2.46. The number of hydrogen-bond donors (Lipinski definition) is 0. The van der Waals surface area contributed by atoms with E-state index in [0.717, 1.165) is 5.56 Å². The van der Waals surface area contributed by atoms with Crippen molar-refractivity contribution in [1.82, 2.24) is 0 Å². The Morgan fingerprint density at radius 3 is 2.55 bits per heavy atom. The molecule has 31 heavy (non-hydrogen) atoms. The van der Waals surface area contributed by atoms with Gasteiger partial charge < -0.3 is 18.6 Å². The van der Waals surface area contributed by atoms with Crippen LogP contribution in [0.25, 0.3) is 22.1 Å². The van der Waals surface area contributed by atoms with Crippen molar-refractivity contribution < 1.29 is 23.4 Å². The van der Waals surface area contributed by atoms with Crippen molar-refractivity contribution >= 4 is 28.3 Å². The Hall–Kier alpha value is -3.58. The second-order valence-corrected chi connectivity index (χ2v) is 7.97. The van der Waals surface area contributed by atoms with Gasteiger partial charge in [-0.15, -0.1) is 0 Å². The molecular weight excluding hydrogens is 416 g/mol. The molecule has 2 aromatic carbocycles. The van der Waals surface area contributed by atoms with E-state index in [1.165, 1.54) is 13.4 Å². The molecule has 4 aromatic rings. The Kier molecular flexibility index (Phi) is 4.75. The summed E-state index contributed by atoms with van der Waals surface area (Å²) in [6.45, 7) is 0. The van der Waals surface area contributed by atoms with Crippen LogP contribution in [-0.2, 0) is 4.79 Å². The van der Waals surface area contributed by atoms with Crippen LogP contribution in [0.15, 0.2) is 62.6 Å². The SMILES string of the molecule is COc1ccc(-c2coc3c4c(cc(OC)c3c2=O)OC(=O)CC4c2ccsc2)cc1. The van der Waals surface area contributed by atoms with Gasteiger partial charge in [0.05, 0.1) is 26.2 Å². The van der Waals surface area contributed by atoms with E-state index in [1.807, 2.05) is 16.8 Å². The van der Waals surface area contributed by atoms with Crippen LogP contribution in [0, 0.1) is 0 Å². The molecule has 1 aliphatic rings. The Labute approximate surface area is 181 Å². The monoisotopic (exact) mass is 434 g/mol. The molecule has 0 spiro atoms. The number of ether oxygens (including phenoxy) is 3. The van der Waals surface area contributed by atoms with Crippen LogP contribution in [0.3, 0.4) is 0 Å². The van der Waals surface area contributed by atoms with Gasteiger partial charge in [-0.2, -0.15) is 11.3 Å². The molecule has 7 heteroatoms. The predicted octanol–water partition coefficient (Wildman–Crippen LogP) is 4.98. The van der Waals surface area contributed by atoms with Gasteiger partial charge in [0.15, 0.2) is 0 Å². The molecule has 2 aromatic heterocycles. The molecule has 0 N–H and O–H groups in total. The predicted molar refractivity (Wildman–Crippen MR) is 117 cm³/mol. The molecule has 3 heterocycles. The first kappa shape index (κ1) is 19.4. The Bertz CT molecular complexity index is 1340. The quantitative estimate of drug-likeness (QED) is 0.333. The highest BCUT2D eigenvalue weighted by Gasteiger charge is 2.34. The third kappa shape index (κ3) is 3.18. The van der Waals surface area contributed by atoms with Crippen molar-refractivity contribution in [3.05, 3.63) is 74.8 Å². The first-order chi connectivity index (χ1) is 15.1. The van der Waals surface area contributed by atoms with Crippen molar-refractivity contribution in [2.45, 2.75) is 12.3 Å². The van der Waals surface area contributed by atoms with E-state index in [2.05, 4.69) is 0 Å². The number of carbonyl (C=O) groups is 1. The van der Waals surface area contributed by atoms with Gasteiger partial charge in [-0.05, 0) is 40.1 Å². The lowest BCUT2D eigenvalue weighted by Crippen LogP contribution is -2.22. The van der Waals surface area contributed by atoms with Gasteiger partial charge in [0.25, 0.3) is 0 Å². The summed E-state index contributed by atoms with van der Waals surface area (Å²) in [7, 11) is 3.06. The highest BCUT2D eigenvalue weighted by molar-refractivity contribution is 7.08. The lowest BCUT2D eigenvalue weighted by Gasteiger charge is -2.25. The van der Waals surface area contributed by atoms with Gasteiger partial charge >= 0.3 is 5.97 Å². The molecule has 0 bridgehead atoms. The van der Waals surface area contributed by atoms with Crippen molar-refractivity contribution in [3.8, 4) is 28.4 Å². The number of rotatable bonds is 4. The smallest absolute Gasteiger partial charge is 0.312 e. The molecule has 0 saturated carbocycles. The summed E-state index contributed by atoms with van der Waals surface area (Å²) in [6.07, 6.45) is 1.63. The van der Waals surface area contributed by atoms with E-state index >= 15 is 0 Å². The van der Waals surface area contributed by atoms with Gasteiger partial charge in [0.1, 0.15) is 34.5 Å². The minimum Gasteiger partial charge on any atom is -0.497 e. The van der Waals surface area contributed by atoms with Crippen molar-refractivity contribution in [2.75, 3.05) is 14.2 Å². The molecule has 0 amide bonds. The number of thiophene rings is 1. The van der Waals surface area contributed by atoms with Crippen LogP contribution in [0.4, 0.5) is 0 Å². The average molecular weight is 434 g/mol. The average Bonchev–Trinajstić information content (AvgIpc) is 3.33. The highest BCUT2D eigenvalue weighted by atomic mass is 32.1. The molecule has 0 saturated heterocycles. The maximum atomic E-state index is 13.5. The minimum absolute atomic E-state index is 0.176. The zero-order chi connectivity index (χ0) is 21.5. The zero-order valence-electron chi connectivity index (χ0n) is 16.8. The van der Waals surface area contributed by atoms with Gasteiger partial charge in [-0.25, -0.2) is 0 Å². The van der Waals surface area contributed by atoms with Gasteiger partial charge in [-0.1, -0.05) is 12.1 Å². The molecular formula is C24H18O6S. The van der Waals surface area contributed by atoms with Crippen molar-refractivity contribution in [3.63, 3.8) is 0 Å². The first-order valence-corrected chi connectivity index (χ1v) is 10.6. The summed E-state index contributed by atoms with van der Waals surface area (Å²) < 4.78 is 22.2.